The second kappa shape index (κ2) is 11.3. The Kier molecular flexibility index (Phi) is 8.09. The van der Waals surface area contributed by atoms with E-state index < -0.39 is 12.3 Å². The molecule has 2 heterocycles. The van der Waals surface area contributed by atoms with Crippen LogP contribution in [0.25, 0.3) is 0 Å². The van der Waals surface area contributed by atoms with Gasteiger partial charge in [0.2, 0.25) is 0 Å². The van der Waals surface area contributed by atoms with E-state index >= 15 is 0 Å². The second-order valence-corrected chi connectivity index (χ2v) is 13.2. The number of hydrogen-bond donors (Lipinski definition) is 0. The quantitative estimate of drug-likeness (QED) is 0.374. The molecule has 0 unspecified atom stereocenters. The van der Waals surface area contributed by atoms with Crippen LogP contribution in [0.1, 0.15) is 89.4 Å². The third kappa shape index (κ3) is 5.19. The van der Waals surface area contributed by atoms with E-state index in [9.17, 15) is 18.4 Å². The molecule has 0 radical (unpaired) electrons. The van der Waals surface area contributed by atoms with Crippen molar-refractivity contribution in [2.24, 2.45) is 22.7 Å². The summed E-state index contributed by atoms with van der Waals surface area (Å²) in [5.74, 6) is -0.899. The molecule has 2 aliphatic heterocycles. The summed E-state index contributed by atoms with van der Waals surface area (Å²) in [5, 5.41) is 0. The summed E-state index contributed by atoms with van der Waals surface area (Å²) in [4.78, 5) is 28.0. The Morgan fingerprint density at radius 2 is 0.975 bits per heavy atom. The molecule has 0 spiro atoms. The topological polar surface area (TPSA) is 40.6 Å². The molecule has 0 bridgehead atoms. The van der Waals surface area contributed by atoms with E-state index in [0.29, 0.717) is 13.1 Å². The summed E-state index contributed by atoms with van der Waals surface area (Å²) in [6, 6.07) is 19.7. The minimum Gasteiger partial charge on any atom is -0.333 e. The lowest BCUT2D eigenvalue weighted by molar-refractivity contribution is -0.135. The summed E-state index contributed by atoms with van der Waals surface area (Å²) in [6.45, 7) is 9.38. The Hall–Kier alpha value is -2.76. The van der Waals surface area contributed by atoms with Crippen LogP contribution in [0.15, 0.2) is 60.7 Å². The molecule has 6 atom stereocenters. The van der Waals surface area contributed by atoms with E-state index in [4.69, 9.17) is 0 Å². The molecule has 2 aromatic carbocycles. The van der Waals surface area contributed by atoms with Crippen molar-refractivity contribution in [2.45, 2.75) is 90.6 Å². The van der Waals surface area contributed by atoms with Crippen molar-refractivity contribution < 1.29 is 18.4 Å². The molecular formula is C34H44F2N2O2. The smallest absolute Gasteiger partial charge is 0.258 e. The Bertz CT molecular complexity index is 1090. The Morgan fingerprint density at radius 1 is 0.650 bits per heavy atom. The van der Waals surface area contributed by atoms with Gasteiger partial charge in [-0.3, -0.25) is 9.59 Å². The standard InChI is InChI=1S/2C17H22FNO/c2*1-12(13-7-4-3-5-8-13)19-11-14(15(18)16(19)20)17(2)9-6-10-17/h2*3-5,7-8,12,14-15H,6,9-11H2,1-2H3/t2*12-,14-,15+/m00/s1. The van der Waals surface area contributed by atoms with E-state index in [1.165, 1.54) is 12.8 Å². The van der Waals surface area contributed by atoms with Crippen LogP contribution in [0.3, 0.4) is 0 Å². The lowest BCUT2D eigenvalue weighted by Crippen LogP contribution is -2.39. The number of alkyl halides is 2. The molecule has 2 saturated heterocycles. The van der Waals surface area contributed by atoms with Gasteiger partial charge >= 0.3 is 0 Å². The van der Waals surface area contributed by atoms with Crippen molar-refractivity contribution in [3.8, 4) is 0 Å². The number of carbonyl (C=O) groups excluding carboxylic acids is 2. The Balaban J connectivity index is 0.000000161. The zero-order chi connectivity index (χ0) is 28.7. The first-order valence-electron chi connectivity index (χ1n) is 15.0. The normalized spacial score (nSPS) is 30.1. The van der Waals surface area contributed by atoms with Gasteiger partial charge in [-0.25, -0.2) is 8.78 Å². The summed E-state index contributed by atoms with van der Waals surface area (Å²) in [6.07, 6.45) is 3.93. The number of amides is 2. The average Bonchev–Trinajstić information content (AvgIpc) is 3.41. The van der Waals surface area contributed by atoms with Crippen LogP contribution in [0.2, 0.25) is 0 Å². The van der Waals surface area contributed by atoms with Gasteiger partial charge in [0, 0.05) is 24.9 Å². The highest BCUT2D eigenvalue weighted by molar-refractivity contribution is 5.84. The lowest BCUT2D eigenvalue weighted by atomic mass is 9.62. The fraction of sp³-hybridized carbons (Fsp3) is 0.588. The van der Waals surface area contributed by atoms with Crippen molar-refractivity contribution in [3.05, 3.63) is 71.8 Å². The summed E-state index contributed by atoms with van der Waals surface area (Å²) >= 11 is 0. The number of benzene rings is 2. The van der Waals surface area contributed by atoms with Gasteiger partial charge in [-0.1, -0.05) is 87.4 Å². The first kappa shape index (κ1) is 28.8. The number of rotatable bonds is 6. The van der Waals surface area contributed by atoms with E-state index in [0.717, 1.165) is 36.8 Å². The number of likely N-dealkylation sites (tertiary alicyclic amines) is 2. The van der Waals surface area contributed by atoms with Crippen LogP contribution >= 0.6 is 0 Å². The van der Waals surface area contributed by atoms with Crippen LogP contribution in [-0.4, -0.2) is 47.0 Å². The predicted octanol–water partition coefficient (Wildman–Crippen LogP) is 7.47. The average molecular weight is 551 g/mol. The molecule has 6 rings (SSSR count). The van der Waals surface area contributed by atoms with E-state index in [2.05, 4.69) is 13.8 Å². The third-order valence-electron chi connectivity index (χ3n) is 10.8. The fourth-order valence-electron chi connectivity index (χ4n) is 7.33. The zero-order valence-electron chi connectivity index (χ0n) is 24.4. The van der Waals surface area contributed by atoms with Gasteiger partial charge in [-0.05, 0) is 61.5 Å². The van der Waals surface area contributed by atoms with Crippen LogP contribution in [0.4, 0.5) is 8.78 Å². The van der Waals surface area contributed by atoms with Gasteiger partial charge < -0.3 is 9.80 Å². The highest BCUT2D eigenvalue weighted by atomic mass is 19.1. The molecule has 0 aromatic heterocycles. The summed E-state index contributed by atoms with van der Waals surface area (Å²) < 4.78 is 28.9. The highest BCUT2D eigenvalue weighted by Crippen LogP contribution is 2.52. The maximum atomic E-state index is 14.4. The molecule has 216 valence electrons. The van der Waals surface area contributed by atoms with Gasteiger partial charge in [0.15, 0.2) is 12.3 Å². The first-order chi connectivity index (χ1) is 19.1. The molecule has 4 fully saturated rings. The van der Waals surface area contributed by atoms with Gasteiger partial charge in [-0.15, -0.1) is 0 Å². The van der Waals surface area contributed by atoms with Gasteiger partial charge in [0.1, 0.15) is 0 Å². The minimum atomic E-state index is -1.31. The van der Waals surface area contributed by atoms with Crippen LogP contribution in [0.5, 0.6) is 0 Å². The number of hydrogen-bond acceptors (Lipinski definition) is 2. The SMILES string of the molecule is C[C@@H](c1ccccc1)N1C[C@H](C2(C)CCC2)[C@@H](F)C1=O.C[C@@H](c1ccccc1)N1C[C@H](C2(C)CCC2)[C@@H](F)C1=O. The zero-order valence-corrected chi connectivity index (χ0v) is 24.4. The van der Waals surface area contributed by atoms with E-state index in [-0.39, 0.29) is 46.6 Å². The monoisotopic (exact) mass is 550 g/mol. The van der Waals surface area contributed by atoms with E-state index in [1.54, 1.807) is 9.80 Å². The van der Waals surface area contributed by atoms with Crippen molar-refractivity contribution >= 4 is 11.8 Å². The van der Waals surface area contributed by atoms with Gasteiger partial charge in [0.25, 0.3) is 11.8 Å². The largest absolute Gasteiger partial charge is 0.333 e. The molecule has 4 aliphatic rings. The van der Waals surface area contributed by atoms with Crippen molar-refractivity contribution in [1.82, 2.24) is 9.80 Å². The molecule has 0 N–H and O–H groups in total. The Labute approximate surface area is 238 Å². The molecule has 40 heavy (non-hydrogen) atoms. The van der Waals surface area contributed by atoms with Crippen LogP contribution in [-0.2, 0) is 9.59 Å². The minimum absolute atomic E-state index is 0.0280. The number of nitrogens with zero attached hydrogens (tertiary/aromatic N) is 2. The van der Waals surface area contributed by atoms with Gasteiger partial charge in [0.05, 0.1) is 12.1 Å². The molecule has 2 aromatic rings. The summed E-state index contributed by atoms with van der Waals surface area (Å²) in [5.41, 5.74) is 2.21. The lowest BCUT2D eigenvalue weighted by Gasteiger charge is -2.43. The van der Waals surface area contributed by atoms with Crippen LogP contribution in [0, 0.1) is 22.7 Å². The fourth-order valence-corrected chi connectivity index (χ4v) is 7.33. The maximum absolute atomic E-state index is 14.4. The molecule has 2 saturated carbocycles. The second-order valence-electron chi connectivity index (χ2n) is 13.2. The third-order valence-corrected chi connectivity index (χ3v) is 10.8. The van der Waals surface area contributed by atoms with Gasteiger partial charge in [-0.2, -0.15) is 0 Å². The van der Waals surface area contributed by atoms with Crippen molar-refractivity contribution in [1.29, 1.82) is 0 Å². The number of halogens is 2. The summed E-state index contributed by atoms with van der Waals surface area (Å²) in [7, 11) is 0. The predicted molar refractivity (Wildman–Crippen MR) is 154 cm³/mol. The molecule has 6 heteroatoms. The van der Waals surface area contributed by atoms with Crippen LogP contribution < -0.4 is 0 Å². The van der Waals surface area contributed by atoms with E-state index in [1.807, 2.05) is 74.5 Å². The maximum Gasteiger partial charge on any atom is 0.258 e. The number of carbonyl (C=O) groups is 2. The molecule has 2 aliphatic carbocycles. The first-order valence-corrected chi connectivity index (χ1v) is 15.0. The highest BCUT2D eigenvalue weighted by Gasteiger charge is 2.54. The molecule has 2 amide bonds. The Morgan fingerprint density at radius 3 is 1.25 bits per heavy atom. The van der Waals surface area contributed by atoms with Crippen molar-refractivity contribution in [2.75, 3.05) is 13.1 Å². The molecular weight excluding hydrogens is 506 g/mol. The molecule has 4 nitrogen and oxygen atoms in total. The van der Waals surface area contributed by atoms with Crippen molar-refractivity contribution in [3.63, 3.8) is 0 Å².